The predicted octanol–water partition coefficient (Wildman–Crippen LogP) is 17.6. The first kappa shape index (κ1) is 67.4. The van der Waals surface area contributed by atoms with E-state index in [0.29, 0.717) is 12.8 Å². The van der Waals surface area contributed by atoms with Gasteiger partial charge < -0.3 is 20.1 Å². The van der Waals surface area contributed by atoms with E-state index in [1.807, 2.05) is 0 Å². The van der Waals surface area contributed by atoms with Gasteiger partial charge in [-0.15, -0.1) is 0 Å². The normalized spacial score (nSPS) is 14.0. The summed E-state index contributed by atoms with van der Waals surface area (Å²) in [6, 6.07) is 0. The van der Waals surface area contributed by atoms with Crippen LogP contribution in [0.15, 0.2) is 122 Å². The van der Waals surface area contributed by atoms with Crippen molar-refractivity contribution in [3.8, 4) is 0 Å². The second kappa shape index (κ2) is 55.7. The van der Waals surface area contributed by atoms with Crippen molar-refractivity contribution in [1.82, 2.24) is 0 Å². The number of hydrogen-bond donors (Lipinski definition) is 2. The fourth-order valence-corrected chi connectivity index (χ4v) is 8.04. The van der Waals surface area contributed by atoms with Gasteiger partial charge in [-0.1, -0.05) is 225 Å². The minimum atomic E-state index is -4.40. The maximum atomic E-state index is 12.7. The lowest BCUT2D eigenvalue weighted by Crippen LogP contribution is -2.29. The first-order chi connectivity index (χ1) is 34.8. The molecule has 0 amide bonds. The molecule has 0 heterocycles. The number of esters is 2. The average Bonchev–Trinajstić information content (AvgIpc) is 3.36. The summed E-state index contributed by atoms with van der Waals surface area (Å²) in [4.78, 5) is 35.1. The van der Waals surface area contributed by atoms with Crippen molar-refractivity contribution in [1.29, 1.82) is 0 Å². The molecule has 0 rings (SSSR count). The van der Waals surface area contributed by atoms with E-state index in [-0.39, 0.29) is 32.6 Å². The van der Waals surface area contributed by atoms with Gasteiger partial charge >= 0.3 is 19.8 Å². The summed E-state index contributed by atoms with van der Waals surface area (Å²) in [5.41, 5.74) is 5.37. The molecule has 0 saturated carbocycles. The highest BCUT2D eigenvalue weighted by atomic mass is 31.2. The van der Waals surface area contributed by atoms with Crippen LogP contribution >= 0.6 is 7.82 Å². The molecular weight excluding hydrogens is 906 g/mol. The van der Waals surface area contributed by atoms with Crippen LogP contribution < -0.4 is 5.73 Å². The summed E-state index contributed by atoms with van der Waals surface area (Å²) >= 11 is 0. The molecule has 0 aliphatic heterocycles. The topological polar surface area (TPSA) is 134 Å². The quantitative estimate of drug-likeness (QED) is 0.0264. The molecule has 0 saturated heterocycles. The van der Waals surface area contributed by atoms with E-state index >= 15 is 0 Å². The average molecular weight is 1010 g/mol. The third kappa shape index (κ3) is 55.6. The van der Waals surface area contributed by atoms with Crippen molar-refractivity contribution < 1.29 is 37.6 Å². The van der Waals surface area contributed by atoms with Crippen LogP contribution in [0.4, 0.5) is 0 Å². The van der Waals surface area contributed by atoms with Crippen LogP contribution in [-0.4, -0.2) is 49.3 Å². The van der Waals surface area contributed by atoms with Gasteiger partial charge in [-0.3, -0.25) is 18.6 Å². The number of phosphoric ester groups is 1. The second-order valence-electron chi connectivity index (χ2n) is 18.0. The van der Waals surface area contributed by atoms with E-state index in [1.54, 1.807) is 0 Å². The van der Waals surface area contributed by atoms with E-state index in [0.717, 1.165) is 96.3 Å². The van der Waals surface area contributed by atoms with E-state index < -0.39 is 32.5 Å². The summed E-state index contributed by atoms with van der Waals surface area (Å²) in [5.74, 6) is -0.881. The largest absolute Gasteiger partial charge is 0.472 e. The van der Waals surface area contributed by atoms with Gasteiger partial charge in [0.25, 0.3) is 0 Å². The number of carbonyl (C=O) groups excluding carboxylic acids is 2. The van der Waals surface area contributed by atoms with Crippen LogP contribution in [0.25, 0.3) is 0 Å². The lowest BCUT2D eigenvalue weighted by molar-refractivity contribution is -0.161. The van der Waals surface area contributed by atoms with Crippen LogP contribution in [0, 0.1) is 0 Å². The summed E-state index contributed by atoms with van der Waals surface area (Å²) in [6.07, 6.45) is 77.0. The van der Waals surface area contributed by atoms with Gasteiger partial charge in [0.15, 0.2) is 6.10 Å². The van der Waals surface area contributed by atoms with Crippen molar-refractivity contribution >= 4 is 19.8 Å². The molecule has 2 atom stereocenters. The minimum absolute atomic E-state index is 0.0427. The summed E-state index contributed by atoms with van der Waals surface area (Å²) < 4.78 is 32.9. The fraction of sp³-hybridized carbons (Fsp3) is 0.639. The van der Waals surface area contributed by atoms with E-state index in [9.17, 15) is 19.0 Å². The molecule has 0 aromatic heterocycles. The monoisotopic (exact) mass is 1010 g/mol. The van der Waals surface area contributed by atoms with Crippen LogP contribution in [0.2, 0.25) is 0 Å². The number of nitrogens with two attached hydrogens (primary N) is 1. The molecule has 9 nitrogen and oxygen atoms in total. The van der Waals surface area contributed by atoms with Gasteiger partial charge in [0.05, 0.1) is 13.2 Å². The van der Waals surface area contributed by atoms with Crippen molar-refractivity contribution in [3.05, 3.63) is 122 Å². The van der Waals surface area contributed by atoms with Crippen LogP contribution in [0.5, 0.6) is 0 Å². The Kier molecular flexibility index (Phi) is 52.9. The Morgan fingerprint density at radius 3 is 1.11 bits per heavy atom. The number of carbonyl (C=O) groups is 2. The van der Waals surface area contributed by atoms with Crippen molar-refractivity contribution in [3.63, 3.8) is 0 Å². The van der Waals surface area contributed by atoms with Gasteiger partial charge in [-0.2, -0.15) is 0 Å². The molecule has 3 N–H and O–H groups in total. The van der Waals surface area contributed by atoms with Crippen LogP contribution in [-0.2, 0) is 32.7 Å². The highest BCUT2D eigenvalue weighted by molar-refractivity contribution is 7.47. The first-order valence-corrected chi connectivity index (χ1v) is 29.5. The SMILES string of the molecule is CC/C=C\C/C=C\C/C=C\C/C=C\C/C=C\C/C=C\CCCCCCCCCCCCCCCCCCC(=O)OC(COC(=O)CCCC/C=C\C/C=C\C/C=C\C/C=C\CC)COP(=O)(O)OCCN. The summed E-state index contributed by atoms with van der Waals surface area (Å²) in [6.45, 7) is 3.45. The minimum Gasteiger partial charge on any atom is -0.462 e. The standard InChI is InChI=1S/C61H102NO8P/c1-3-5-7-9-11-13-15-17-19-20-21-22-23-24-25-26-27-28-29-30-31-32-33-34-35-36-37-38-40-42-44-46-48-50-52-54-61(64)70-59(58-69-71(65,66)68-56-55-62)57-67-60(63)53-51-49-47-45-43-41-39-18-16-14-12-10-8-6-4-2/h5-8,11-14,17-19,21-22,24-25,27-28,39,43,45,59H,3-4,9-10,15-16,20,23,26,29-38,40-42,44,46-58,62H2,1-2H3,(H,65,66)/b7-5-,8-6-,13-11-,14-12-,19-17-,22-21-,25-24-,28-27-,39-18-,45-43-. The number of ether oxygens (including phenoxy) is 2. The maximum absolute atomic E-state index is 12.7. The van der Waals surface area contributed by atoms with E-state index in [4.69, 9.17) is 24.3 Å². The second-order valence-corrected chi connectivity index (χ2v) is 19.5. The Bertz CT molecular complexity index is 1570. The van der Waals surface area contributed by atoms with Crippen molar-refractivity contribution in [2.45, 2.75) is 225 Å². The van der Waals surface area contributed by atoms with E-state index in [1.165, 1.54) is 83.5 Å². The molecule has 10 heteroatoms. The van der Waals surface area contributed by atoms with Gasteiger partial charge in [0, 0.05) is 19.4 Å². The maximum Gasteiger partial charge on any atom is 0.472 e. The van der Waals surface area contributed by atoms with Gasteiger partial charge in [0.2, 0.25) is 0 Å². The third-order valence-corrected chi connectivity index (χ3v) is 12.3. The van der Waals surface area contributed by atoms with Crippen LogP contribution in [0.1, 0.15) is 219 Å². The molecule has 0 aromatic carbocycles. The Morgan fingerprint density at radius 1 is 0.423 bits per heavy atom. The molecule has 71 heavy (non-hydrogen) atoms. The number of phosphoric acid groups is 1. The highest BCUT2D eigenvalue weighted by Gasteiger charge is 2.26. The zero-order valence-corrected chi connectivity index (χ0v) is 45.8. The lowest BCUT2D eigenvalue weighted by Gasteiger charge is -2.19. The Hall–Kier alpha value is -3.59. The molecule has 0 aliphatic rings. The highest BCUT2D eigenvalue weighted by Crippen LogP contribution is 2.43. The number of unbranched alkanes of at least 4 members (excludes halogenated alkanes) is 18. The molecule has 0 aliphatic carbocycles. The third-order valence-electron chi connectivity index (χ3n) is 11.3. The molecule has 0 bridgehead atoms. The van der Waals surface area contributed by atoms with E-state index in [2.05, 4.69) is 135 Å². The van der Waals surface area contributed by atoms with Gasteiger partial charge in [0.1, 0.15) is 6.61 Å². The first-order valence-electron chi connectivity index (χ1n) is 28.0. The van der Waals surface area contributed by atoms with Crippen molar-refractivity contribution in [2.75, 3.05) is 26.4 Å². The number of allylic oxidation sites excluding steroid dienone is 20. The number of rotatable bonds is 51. The molecule has 2 unspecified atom stereocenters. The fourth-order valence-electron chi connectivity index (χ4n) is 7.28. The molecule has 0 aromatic rings. The van der Waals surface area contributed by atoms with Crippen LogP contribution in [0.3, 0.4) is 0 Å². The molecule has 0 radical (unpaired) electrons. The van der Waals surface area contributed by atoms with Gasteiger partial charge in [-0.25, -0.2) is 4.57 Å². The number of hydrogen-bond acceptors (Lipinski definition) is 8. The molecule has 404 valence electrons. The molecular formula is C61H102NO8P. The Labute approximate surface area is 434 Å². The lowest BCUT2D eigenvalue weighted by atomic mass is 10.0. The van der Waals surface area contributed by atoms with Gasteiger partial charge in [-0.05, 0) is 103 Å². The summed E-state index contributed by atoms with van der Waals surface area (Å²) in [7, 11) is -4.40. The smallest absolute Gasteiger partial charge is 0.462 e. The molecule has 0 spiro atoms. The predicted molar refractivity (Wildman–Crippen MR) is 302 cm³/mol. The molecule has 0 fully saturated rings. The Morgan fingerprint density at radius 2 is 0.732 bits per heavy atom. The Balaban J connectivity index is 3.95. The zero-order chi connectivity index (χ0) is 51.7. The summed E-state index contributed by atoms with van der Waals surface area (Å²) in [5, 5.41) is 0. The van der Waals surface area contributed by atoms with Crippen molar-refractivity contribution in [2.24, 2.45) is 5.73 Å². The zero-order valence-electron chi connectivity index (χ0n) is 44.9.